The summed E-state index contributed by atoms with van der Waals surface area (Å²) in [4.78, 5) is 3.70. The van der Waals surface area contributed by atoms with E-state index in [4.69, 9.17) is 0 Å². The predicted octanol–water partition coefficient (Wildman–Crippen LogP) is 4.42. The zero-order valence-corrected chi connectivity index (χ0v) is 9.55. The molecule has 12 heavy (non-hydrogen) atoms. The third-order valence-electron chi connectivity index (χ3n) is 1.42. The first-order valence-corrected chi connectivity index (χ1v) is 5.33. The van der Waals surface area contributed by atoms with Gasteiger partial charge in [0.15, 0.2) is 0 Å². The molecule has 1 aromatic carbocycles. The van der Waals surface area contributed by atoms with E-state index in [-0.39, 0.29) is 0 Å². The van der Waals surface area contributed by atoms with E-state index in [9.17, 15) is 0 Å². The Hall–Kier alpha value is -0.340. The summed E-state index contributed by atoms with van der Waals surface area (Å²) in [6.45, 7) is 0. The highest BCUT2D eigenvalue weighted by atomic mass is 79.9. The van der Waals surface area contributed by atoms with Gasteiger partial charge in [-0.25, -0.2) is 0 Å². The van der Waals surface area contributed by atoms with Crippen LogP contribution in [0.4, 0.5) is 0 Å². The molecule has 0 aliphatic carbocycles. The van der Waals surface area contributed by atoms with E-state index in [0.29, 0.717) is 0 Å². The van der Waals surface area contributed by atoms with E-state index < -0.39 is 0 Å². The molecule has 62 valence electrons. The van der Waals surface area contributed by atoms with Crippen LogP contribution in [-0.2, 0) is 0 Å². The number of rotatable bonds is 2. The first-order valence-electron chi connectivity index (χ1n) is 3.50. The first-order chi connectivity index (χ1) is 5.86. The maximum Gasteiger partial charge on any atom is -0.0183 e. The summed E-state index contributed by atoms with van der Waals surface area (Å²) in [6, 6.07) is 8.26. The maximum atomic E-state index is 3.24. The van der Waals surface area contributed by atoms with Crippen LogP contribution in [0.25, 0.3) is 12.2 Å². The van der Waals surface area contributed by atoms with Crippen molar-refractivity contribution in [2.75, 3.05) is 0 Å². The number of benzene rings is 1. The highest BCUT2D eigenvalue weighted by molar-refractivity contribution is 9.11. The summed E-state index contributed by atoms with van der Waals surface area (Å²) in [5.74, 6) is 0. The van der Waals surface area contributed by atoms with E-state index in [1.165, 1.54) is 11.1 Å². The van der Waals surface area contributed by atoms with Gasteiger partial charge in [0.1, 0.15) is 0 Å². The van der Waals surface area contributed by atoms with Crippen LogP contribution in [-0.4, -0.2) is 0 Å². The van der Waals surface area contributed by atoms with Crippen LogP contribution in [0.5, 0.6) is 0 Å². The van der Waals surface area contributed by atoms with E-state index in [0.717, 1.165) is 0 Å². The van der Waals surface area contributed by atoms with Gasteiger partial charge >= 0.3 is 0 Å². The smallest absolute Gasteiger partial charge is 0.0183 e. The molecule has 0 aliphatic rings. The van der Waals surface area contributed by atoms with Crippen molar-refractivity contribution in [2.24, 2.45) is 0 Å². The lowest BCUT2D eigenvalue weighted by atomic mass is 10.1. The average molecular weight is 288 g/mol. The Balaban J connectivity index is 2.95. The van der Waals surface area contributed by atoms with Gasteiger partial charge in [-0.15, -0.1) is 0 Å². The molecule has 0 fully saturated rings. The first kappa shape index (κ1) is 9.75. The van der Waals surface area contributed by atoms with Crippen LogP contribution in [0.1, 0.15) is 11.1 Å². The zero-order chi connectivity index (χ0) is 8.81. The highest BCUT2D eigenvalue weighted by Crippen LogP contribution is 2.10. The molecule has 1 rings (SSSR count). The molecule has 0 unspecified atom stereocenters. The van der Waals surface area contributed by atoms with Crippen molar-refractivity contribution in [3.63, 3.8) is 0 Å². The molecule has 0 amide bonds. The fourth-order valence-electron chi connectivity index (χ4n) is 0.912. The van der Waals surface area contributed by atoms with E-state index >= 15 is 0 Å². The lowest BCUT2D eigenvalue weighted by Crippen LogP contribution is -1.73. The molecule has 0 N–H and O–H groups in total. The van der Waals surface area contributed by atoms with Crippen LogP contribution in [0.2, 0.25) is 0 Å². The molecule has 0 heterocycles. The molecule has 0 radical (unpaired) electrons. The second-order valence-electron chi connectivity index (χ2n) is 2.26. The molecule has 0 nitrogen and oxygen atoms in total. The van der Waals surface area contributed by atoms with Crippen LogP contribution in [0.3, 0.4) is 0 Å². The maximum absolute atomic E-state index is 3.24. The van der Waals surface area contributed by atoms with Crippen molar-refractivity contribution in [3.05, 3.63) is 45.4 Å². The van der Waals surface area contributed by atoms with Crippen LogP contribution < -0.4 is 0 Å². The topological polar surface area (TPSA) is 0 Å². The third-order valence-corrected chi connectivity index (χ3v) is 1.95. The minimum absolute atomic E-state index is 1.19. The molecular formula is C10H8Br2. The van der Waals surface area contributed by atoms with Crippen molar-refractivity contribution in [3.8, 4) is 0 Å². The largest absolute Gasteiger partial charge is 0.0611 e. The summed E-state index contributed by atoms with van der Waals surface area (Å²) >= 11 is 6.48. The fraction of sp³-hybridized carbons (Fsp3) is 0. The minimum atomic E-state index is 1.19. The van der Waals surface area contributed by atoms with Gasteiger partial charge in [0.05, 0.1) is 0 Å². The Bertz CT molecular complexity index is 273. The van der Waals surface area contributed by atoms with Crippen LogP contribution in [0.15, 0.2) is 34.2 Å². The predicted molar refractivity (Wildman–Crippen MR) is 62.4 cm³/mol. The van der Waals surface area contributed by atoms with Gasteiger partial charge in [0.25, 0.3) is 0 Å². The molecule has 0 spiro atoms. The highest BCUT2D eigenvalue weighted by Gasteiger charge is 1.87. The van der Waals surface area contributed by atoms with Crippen molar-refractivity contribution >= 4 is 44.0 Å². The van der Waals surface area contributed by atoms with Crippen molar-refractivity contribution in [1.29, 1.82) is 0 Å². The lowest BCUT2D eigenvalue weighted by Gasteiger charge is -1.94. The summed E-state index contributed by atoms with van der Waals surface area (Å²) in [6.07, 6.45) is 4.01. The minimum Gasteiger partial charge on any atom is -0.0611 e. The van der Waals surface area contributed by atoms with Gasteiger partial charge in [-0.1, -0.05) is 50.1 Å². The Morgan fingerprint density at radius 3 is 1.83 bits per heavy atom. The SMILES string of the molecule is Br/C=C\c1cccc(/C=C\Br)c1. The molecular weight excluding hydrogens is 280 g/mol. The normalized spacial score (nSPS) is 11.5. The number of hydrogen-bond acceptors (Lipinski definition) is 0. The Morgan fingerprint density at radius 2 is 1.42 bits per heavy atom. The van der Waals surface area contributed by atoms with E-state index in [2.05, 4.69) is 50.1 Å². The summed E-state index contributed by atoms with van der Waals surface area (Å²) in [5, 5.41) is 0. The van der Waals surface area contributed by atoms with Crippen molar-refractivity contribution in [2.45, 2.75) is 0 Å². The Labute approximate surface area is 89.2 Å². The molecule has 0 atom stereocenters. The van der Waals surface area contributed by atoms with Crippen molar-refractivity contribution < 1.29 is 0 Å². The number of halogens is 2. The molecule has 1 aromatic rings. The molecule has 0 aromatic heterocycles. The van der Waals surface area contributed by atoms with Gasteiger partial charge in [0, 0.05) is 0 Å². The number of hydrogen-bond donors (Lipinski definition) is 0. The summed E-state index contributed by atoms with van der Waals surface area (Å²) in [7, 11) is 0. The van der Waals surface area contributed by atoms with Crippen LogP contribution >= 0.6 is 31.9 Å². The quantitative estimate of drug-likeness (QED) is 0.755. The summed E-state index contributed by atoms with van der Waals surface area (Å²) in [5.41, 5.74) is 2.38. The molecule has 0 aliphatic heterocycles. The van der Waals surface area contributed by atoms with Gasteiger partial charge in [0.2, 0.25) is 0 Å². The average Bonchev–Trinajstić information content (AvgIpc) is 2.06. The van der Waals surface area contributed by atoms with Crippen LogP contribution in [0, 0.1) is 0 Å². The standard InChI is InChI=1S/C10H8Br2/c11-6-4-9-2-1-3-10(8-9)5-7-12/h1-8H/b6-4-,7-5-. The van der Waals surface area contributed by atoms with Crippen molar-refractivity contribution in [1.82, 2.24) is 0 Å². The van der Waals surface area contributed by atoms with E-state index in [1.807, 2.05) is 28.2 Å². The monoisotopic (exact) mass is 286 g/mol. The van der Waals surface area contributed by atoms with E-state index in [1.54, 1.807) is 0 Å². The van der Waals surface area contributed by atoms with Gasteiger partial charge in [-0.05, 0) is 39.3 Å². The molecule has 0 saturated carbocycles. The lowest BCUT2D eigenvalue weighted by molar-refractivity contribution is 1.62. The van der Waals surface area contributed by atoms with Gasteiger partial charge < -0.3 is 0 Å². The molecule has 0 saturated heterocycles. The fourth-order valence-corrected chi connectivity index (χ4v) is 1.52. The third kappa shape index (κ3) is 2.95. The molecule has 0 bridgehead atoms. The summed E-state index contributed by atoms with van der Waals surface area (Å²) < 4.78 is 0. The Kier molecular flexibility index (Phi) is 4.33. The second-order valence-corrected chi connectivity index (χ2v) is 3.31. The van der Waals surface area contributed by atoms with Gasteiger partial charge in [-0.3, -0.25) is 0 Å². The zero-order valence-electron chi connectivity index (χ0n) is 6.37. The Morgan fingerprint density at radius 1 is 0.917 bits per heavy atom. The second kappa shape index (κ2) is 5.33. The van der Waals surface area contributed by atoms with Gasteiger partial charge in [-0.2, -0.15) is 0 Å². The molecule has 2 heteroatoms.